The van der Waals surface area contributed by atoms with Crippen LogP contribution in [0.4, 0.5) is 5.69 Å². The minimum Gasteiger partial charge on any atom is -0.480 e. The van der Waals surface area contributed by atoms with Crippen molar-refractivity contribution in [3.05, 3.63) is 89.6 Å². The highest BCUT2D eigenvalue weighted by Crippen LogP contribution is 2.38. The number of halogens is 1. The summed E-state index contributed by atoms with van der Waals surface area (Å²) >= 11 is 8.67. The lowest BCUT2D eigenvalue weighted by atomic mass is 10.1. The maximum Gasteiger partial charge on any atom is 0.319 e. The number of aliphatic carboxylic acids is 1. The first-order valence-corrected chi connectivity index (χ1v) is 12.4. The molecule has 0 aliphatic carbocycles. The Morgan fingerprint density at radius 1 is 0.941 bits per heavy atom. The second kappa shape index (κ2) is 10.0. The van der Waals surface area contributed by atoms with E-state index in [0.29, 0.717) is 21.4 Å². The molecule has 34 heavy (non-hydrogen) atoms. The molecule has 0 aliphatic rings. The fourth-order valence-electron chi connectivity index (χ4n) is 3.11. The third-order valence-corrected chi connectivity index (χ3v) is 7.57. The zero-order valence-electron chi connectivity index (χ0n) is 18.4. The maximum absolute atomic E-state index is 13.2. The fourth-order valence-corrected chi connectivity index (χ4v) is 5.26. The lowest BCUT2D eigenvalue weighted by molar-refractivity contribution is -0.138. The molecule has 0 unspecified atom stereocenters. The highest BCUT2D eigenvalue weighted by Gasteiger charge is 2.28. The van der Waals surface area contributed by atoms with Gasteiger partial charge in [-0.1, -0.05) is 54.1 Å². The molecule has 0 saturated carbocycles. The first-order chi connectivity index (χ1) is 16.2. The Hall–Kier alpha value is -3.13. The SMILES string of the molecule is CC(C)(Sc1ccc(-c2nc(C(=O)Nc3ccc(Cl)cc3)c(-c3ccccc3)s2)cc1)C(=O)O. The summed E-state index contributed by atoms with van der Waals surface area (Å²) in [6.45, 7) is 3.35. The summed E-state index contributed by atoms with van der Waals surface area (Å²) in [5.41, 5.74) is 2.73. The van der Waals surface area contributed by atoms with Crippen molar-refractivity contribution in [1.29, 1.82) is 0 Å². The van der Waals surface area contributed by atoms with Crippen LogP contribution < -0.4 is 5.32 Å². The highest BCUT2D eigenvalue weighted by molar-refractivity contribution is 8.01. The second-order valence-corrected chi connectivity index (χ2v) is 11.1. The zero-order valence-corrected chi connectivity index (χ0v) is 20.8. The van der Waals surface area contributed by atoms with Gasteiger partial charge >= 0.3 is 5.97 Å². The van der Waals surface area contributed by atoms with Crippen molar-refractivity contribution in [2.75, 3.05) is 5.32 Å². The van der Waals surface area contributed by atoms with Crippen LogP contribution in [-0.4, -0.2) is 26.7 Å². The Balaban J connectivity index is 1.66. The molecule has 0 spiro atoms. The number of carbonyl (C=O) groups excluding carboxylic acids is 1. The number of anilines is 1. The average Bonchev–Trinajstić information content (AvgIpc) is 3.27. The number of carbonyl (C=O) groups is 2. The predicted molar refractivity (Wildman–Crippen MR) is 140 cm³/mol. The summed E-state index contributed by atoms with van der Waals surface area (Å²) < 4.78 is -0.934. The van der Waals surface area contributed by atoms with E-state index < -0.39 is 10.7 Å². The van der Waals surface area contributed by atoms with Gasteiger partial charge in [0.1, 0.15) is 15.4 Å². The van der Waals surface area contributed by atoms with Crippen molar-refractivity contribution in [3.8, 4) is 21.0 Å². The molecule has 5 nitrogen and oxygen atoms in total. The standard InChI is InChI=1S/C26H21ClN2O3S2/c1-26(2,25(31)32)34-20-14-8-17(9-15-20)24-29-21(22(33-24)16-6-4-3-5-7-16)23(30)28-19-12-10-18(27)11-13-19/h3-15H,1-2H3,(H,28,30)(H,31,32). The molecule has 0 atom stereocenters. The van der Waals surface area contributed by atoms with Crippen LogP contribution >= 0.6 is 34.7 Å². The van der Waals surface area contributed by atoms with E-state index in [2.05, 4.69) is 10.3 Å². The number of aromatic nitrogens is 1. The number of hydrogen-bond acceptors (Lipinski definition) is 5. The first-order valence-electron chi connectivity index (χ1n) is 10.4. The van der Waals surface area contributed by atoms with E-state index in [1.54, 1.807) is 38.1 Å². The number of nitrogens with one attached hydrogen (secondary N) is 1. The number of amides is 1. The number of hydrogen-bond donors (Lipinski definition) is 2. The number of thioether (sulfide) groups is 1. The van der Waals surface area contributed by atoms with Gasteiger partial charge in [0.25, 0.3) is 5.91 Å². The Morgan fingerprint density at radius 2 is 1.59 bits per heavy atom. The van der Waals surface area contributed by atoms with Crippen molar-refractivity contribution in [3.63, 3.8) is 0 Å². The molecular weight excluding hydrogens is 488 g/mol. The Kier molecular flexibility index (Phi) is 7.07. The molecule has 8 heteroatoms. The van der Waals surface area contributed by atoms with Crippen LogP contribution in [0.2, 0.25) is 5.02 Å². The summed E-state index contributed by atoms with van der Waals surface area (Å²) in [6, 6.07) is 24.1. The lowest BCUT2D eigenvalue weighted by Crippen LogP contribution is -2.26. The second-order valence-electron chi connectivity index (χ2n) is 7.97. The molecule has 0 saturated heterocycles. The number of rotatable bonds is 7. The van der Waals surface area contributed by atoms with Crippen LogP contribution in [-0.2, 0) is 4.79 Å². The summed E-state index contributed by atoms with van der Waals surface area (Å²) in [7, 11) is 0. The molecule has 0 aliphatic heterocycles. The van der Waals surface area contributed by atoms with Gasteiger partial charge in [0, 0.05) is 21.2 Å². The van der Waals surface area contributed by atoms with E-state index in [0.717, 1.165) is 20.9 Å². The minimum absolute atomic E-state index is 0.306. The molecule has 172 valence electrons. The van der Waals surface area contributed by atoms with Crippen LogP contribution in [0.25, 0.3) is 21.0 Å². The zero-order chi connectivity index (χ0) is 24.3. The number of thiazole rings is 1. The molecule has 0 bridgehead atoms. The Labute approximate surface area is 210 Å². The number of nitrogens with zero attached hydrogens (tertiary/aromatic N) is 1. The normalized spacial score (nSPS) is 11.3. The van der Waals surface area contributed by atoms with Crippen LogP contribution in [0.1, 0.15) is 24.3 Å². The molecule has 1 heterocycles. The van der Waals surface area contributed by atoms with Crippen LogP contribution in [0.5, 0.6) is 0 Å². The van der Waals surface area contributed by atoms with Crippen molar-refractivity contribution >= 4 is 52.3 Å². The molecule has 1 aromatic heterocycles. The number of carboxylic acids is 1. The first kappa shape index (κ1) is 24.0. The maximum atomic E-state index is 13.2. The van der Waals surface area contributed by atoms with Gasteiger partial charge in [-0.15, -0.1) is 23.1 Å². The number of benzene rings is 3. The summed E-state index contributed by atoms with van der Waals surface area (Å²) in [6.07, 6.45) is 0. The molecular formula is C26H21ClN2O3S2. The van der Waals surface area contributed by atoms with Crippen LogP contribution in [0.15, 0.2) is 83.8 Å². The third-order valence-electron chi connectivity index (χ3n) is 4.97. The summed E-state index contributed by atoms with van der Waals surface area (Å²) in [4.78, 5) is 30.9. The van der Waals surface area contributed by atoms with Gasteiger partial charge in [0.15, 0.2) is 0 Å². The molecule has 0 fully saturated rings. The predicted octanol–water partition coefficient (Wildman–Crippen LogP) is 7.34. The van der Waals surface area contributed by atoms with Crippen LogP contribution in [0, 0.1) is 0 Å². The van der Waals surface area contributed by atoms with Gasteiger partial charge in [-0.2, -0.15) is 0 Å². The van der Waals surface area contributed by atoms with E-state index >= 15 is 0 Å². The Morgan fingerprint density at radius 3 is 2.21 bits per heavy atom. The molecule has 2 N–H and O–H groups in total. The molecule has 3 aromatic carbocycles. The van der Waals surface area contributed by atoms with Gasteiger partial charge in [-0.05, 0) is 55.8 Å². The molecule has 1 amide bonds. The summed E-state index contributed by atoms with van der Waals surface area (Å²) in [5, 5.41) is 13.6. The van der Waals surface area contributed by atoms with Gasteiger partial charge in [-0.3, -0.25) is 9.59 Å². The van der Waals surface area contributed by atoms with E-state index in [9.17, 15) is 14.7 Å². The van der Waals surface area contributed by atoms with E-state index in [4.69, 9.17) is 11.6 Å². The third kappa shape index (κ3) is 5.50. The largest absolute Gasteiger partial charge is 0.480 e. The Bertz CT molecular complexity index is 1320. The van der Waals surface area contributed by atoms with Gasteiger partial charge in [-0.25, -0.2) is 4.98 Å². The molecule has 4 rings (SSSR count). The lowest BCUT2D eigenvalue weighted by Gasteiger charge is -2.18. The van der Waals surface area contributed by atoms with Gasteiger partial charge < -0.3 is 10.4 Å². The highest BCUT2D eigenvalue weighted by atomic mass is 35.5. The minimum atomic E-state index is -0.934. The fraction of sp³-hybridized carbons (Fsp3) is 0.115. The van der Waals surface area contributed by atoms with Gasteiger partial charge in [0.05, 0.1) is 4.88 Å². The summed E-state index contributed by atoms with van der Waals surface area (Å²) in [5.74, 6) is -1.18. The monoisotopic (exact) mass is 508 g/mol. The molecule has 4 aromatic rings. The topological polar surface area (TPSA) is 79.3 Å². The number of carboxylic acid groups (broad SMARTS) is 1. The van der Waals surface area contributed by atoms with Gasteiger partial charge in [0.2, 0.25) is 0 Å². The van der Waals surface area contributed by atoms with E-state index in [-0.39, 0.29) is 5.91 Å². The van der Waals surface area contributed by atoms with Crippen molar-refractivity contribution in [1.82, 2.24) is 4.98 Å². The van der Waals surface area contributed by atoms with E-state index in [1.807, 2.05) is 54.6 Å². The van der Waals surface area contributed by atoms with E-state index in [1.165, 1.54) is 23.1 Å². The van der Waals surface area contributed by atoms with Crippen molar-refractivity contribution in [2.45, 2.75) is 23.5 Å². The van der Waals surface area contributed by atoms with Crippen LogP contribution in [0.3, 0.4) is 0 Å². The smallest absolute Gasteiger partial charge is 0.319 e. The molecule has 0 radical (unpaired) electrons. The van der Waals surface area contributed by atoms with Crippen molar-refractivity contribution in [2.24, 2.45) is 0 Å². The quantitative estimate of drug-likeness (QED) is 0.255. The van der Waals surface area contributed by atoms with Crippen molar-refractivity contribution < 1.29 is 14.7 Å². The average molecular weight is 509 g/mol.